The van der Waals surface area contributed by atoms with Gasteiger partial charge in [-0.1, -0.05) is 12.1 Å². The van der Waals surface area contributed by atoms with E-state index in [9.17, 15) is 15.3 Å². The van der Waals surface area contributed by atoms with E-state index in [4.69, 9.17) is 0 Å². The number of phenolic OH excluding ortho intramolecular Hbond substituents is 3. The number of fused-ring (bicyclic) bond motifs is 1. The van der Waals surface area contributed by atoms with Crippen LogP contribution < -0.4 is 5.32 Å². The van der Waals surface area contributed by atoms with E-state index in [2.05, 4.69) is 31.3 Å². The molecule has 0 atom stereocenters. The molecule has 0 unspecified atom stereocenters. The molecule has 136 valence electrons. The molecule has 4 N–H and O–H groups in total. The number of benzene rings is 2. The topological polar surface area (TPSA) is 103 Å². The second-order valence-corrected chi connectivity index (χ2v) is 6.84. The Balaban J connectivity index is 1.76. The summed E-state index contributed by atoms with van der Waals surface area (Å²) in [6.45, 7) is 0.346. The van der Waals surface area contributed by atoms with Gasteiger partial charge in [-0.15, -0.1) is 0 Å². The summed E-state index contributed by atoms with van der Waals surface area (Å²) in [5.74, 6) is 0.757. The molecular formula is C19H15BrN4O3. The van der Waals surface area contributed by atoms with Gasteiger partial charge in [-0.2, -0.15) is 9.61 Å². The number of nitrogens with zero attached hydrogens (tertiary/aromatic N) is 3. The Hall–Kier alpha value is -3.26. The summed E-state index contributed by atoms with van der Waals surface area (Å²) in [5, 5.41) is 37.0. The van der Waals surface area contributed by atoms with Crippen LogP contribution in [0.2, 0.25) is 0 Å². The zero-order valence-corrected chi connectivity index (χ0v) is 15.6. The zero-order valence-electron chi connectivity index (χ0n) is 14.0. The van der Waals surface area contributed by atoms with Gasteiger partial charge in [0.15, 0.2) is 5.65 Å². The Bertz CT molecular complexity index is 1120. The Morgan fingerprint density at radius 2 is 1.74 bits per heavy atom. The Morgan fingerprint density at radius 3 is 2.48 bits per heavy atom. The molecule has 0 aliphatic carbocycles. The molecule has 4 aromatic rings. The number of nitrogens with one attached hydrogen (secondary N) is 1. The van der Waals surface area contributed by atoms with Gasteiger partial charge in [0.05, 0.1) is 16.4 Å². The molecule has 0 fully saturated rings. The van der Waals surface area contributed by atoms with Crippen molar-refractivity contribution in [2.45, 2.75) is 6.54 Å². The first kappa shape index (κ1) is 17.2. The Kier molecular flexibility index (Phi) is 4.33. The van der Waals surface area contributed by atoms with Crippen LogP contribution in [0.3, 0.4) is 0 Å². The molecule has 7 nitrogen and oxygen atoms in total. The van der Waals surface area contributed by atoms with E-state index in [1.807, 2.05) is 6.07 Å². The number of phenols is 3. The van der Waals surface area contributed by atoms with Crippen LogP contribution in [0, 0.1) is 0 Å². The molecule has 0 aliphatic heterocycles. The molecule has 0 aliphatic rings. The maximum Gasteiger partial charge on any atom is 0.172 e. The van der Waals surface area contributed by atoms with Crippen LogP contribution in [0.1, 0.15) is 5.56 Å². The zero-order chi connectivity index (χ0) is 19.0. The molecule has 2 heterocycles. The van der Waals surface area contributed by atoms with E-state index in [0.717, 1.165) is 4.47 Å². The first-order chi connectivity index (χ1) is 13.0. The average Bonchev–Trinajstić information content (AvgIpc) is 3.00. The SMILES string of the molecule is Oc1cc(O)cc(CNc2cc(-c3ccccc3O)nc3c(Br)cnn23)c1. The lowest BCUT2D eigenvalue weighted by Crippen LogP contribution is -2.06. The van der Waals surface area contributed by atoms with Crippen LogP contribution in [0.15, 0.2) is 59.2 Å². The summed E-state index contributed by atoms with van der Waals surface area (Å²) < 4.78 is 2.36. The highest BCUT2D eigenvalue weighted by Crippen LogP contribution is 2.31. The Morgan fingerprint density at radius 1 is 1.00 bits per heavy atom. The van der Waals surface area contributed by atoms with Crippen molar-refractivity contribution in [3.63, 3.8) is 0 Å². The molecule has 0 amide bonds. The number of hydrogen-bond acceptors (Lipinski definition) is 6. The Labute approximate surface area is 162 Å². The fourth-order valence-electron chi connectivity index (χ4n) is 2.84. The van der Waals surface area contributed by atoms with Gasteiger partial charge in [-0.3, -0.25) is 0 Å². The minimum atomic E-state index is -0.0107. The van der Waals surface area contributed by atoms with Gasteiger partial charge < -0.3 is 20.6 Å². The third kappa shape index (κ3) is 3.39. The first-order valence-electron chi connectivity index (χ1n) is 8.09. The number of rotatable bonds is 4. The van der Waals surface area contributed by atoms with Crippen LogP contribution in [0.5, 0.6) is 17.2 Å². The quantitative estimate of drug-likeness (QED) is 0.394. The molecule has 0 radical (unpaired) electrons. The summed E-state index contributed by atoms with van der Waals surface area (Å²) >= 11 is 3.44. The lowest BCUT2D eigenvalue weighted by Gasteiger charge is -2.12. The molecule has 0 spiro atoms. The normalized spacial score (nSPS) is 11.0. The first-order valence-corrected chi connectivity index (χ1v) is 8.89. The number of aromatic nitrogens is 3. The van der Waals surface area contributed by atoms with Crippen molar-refractivity contribution in [3.05, 3.63) is 64.8 Å². The maximum absolute atomic E-state index is 10.2. The van der Waals surface area contributed by atoms with Crippen molar-refractivity contribution in [3.8, 4) is 28.5 Å². The predicted molar refractivity (Wildman–Crippen MR) is 105 cm³/mol. The highest BCUT2D eigenvalue weighted by molar-refractivity contribution is 9.10. The van der Waals surface area contributed by atoms with Crippen molar-refractivity contribution in [2.24, 2.45) is 0 Å². The van der Waals surface area contributed by atoms with Gasteiger partial charge >= 0.3 is 0 Å². The van der Waals surface area contributed by atoms with Gasteiger partial charge in [-0.25, -0.2) is 4.98 Å². The van der Waals surface area contributed by atoms with Crippen molar-refractivity contribution < 1.29 is 15.3 Å². The fraction of sp³-hybridized carbons (Fsp3) is 0.0526. The molecular weight excluding hydrogens is 412 g/mol. The molecule has 27 heavy (non-hydrogen) atoms. The van der Waals surface area contributed by atoms with Gasteiger partial charge in [0, 0.05) is 24.2 Å². The van der Waals surface area contributed by atoms with Crippen molar-refractivity contribution in [1.82, 2.24) is 14.6 Å². The highest BCUT2D eigenvalue weighted by Gasteiger charge is 2.13. The fourth-order valence-corrected chi connectivity index (χ4v) is 3.19. The lowest BCUT2D eigenvalue weighted by molar-refractivity contribution is 0.449. The standard InChI is InChI=1S/C19H15BrN4O3/c20-15-10-22-24-18(21-9-11-5-12(25)7-13(26)6-11)8-16(23-19(15)24)14-3-1-2-4-17(14)27/h1-8,10,21,25-27H,9H2. The van der Waals surface area contributed by atoms with Gasteiger partial charge in [0.25, 0.3) is 0 Å². The van der Waals surface area contributed by atoms with E-state index in [0.29, 0.717) is 34.8 Å². The van der Waals surface area contributed by atoms with Gasteiger partial charge in [0.2, 0.25) is 0 Å². The molecule has 8 heteroatoms. The van der Waals surface area contributed by atoms with Crippen molar-refractivity contribution >= 4 is 27.4 Å². The molecule has 0 saturated carbocycles. The molecule has 4 rings (SSSR count). The van der Waals surface area contributed by atoms with E-state index in [1.54, 1.807) is 47.1 Å². The van der Waals surface area contributed by atoms with Crippen molar-refractivity contribution in [1.29, 1.82) is 0 Å². The number of halogens is 1. The van der Waals surface area contributed by atoms with Crippen LogP contribution in [-0.4, -0.2) is 29.9 Å². The largest absolute Gasteiger partial charge is 0.508 e. The summed E-state index contributed by atoms with van der Waals surface area (Å²) in [6.07, 6.45) is 1.64. The van der Waals surface area contributed by atoms with Crippen LogP contribution in [0.4, 0.5) is 5.82 Å². The number of anilines is 1. The highest BCUT2D eigenvalue weighted by atomic mass is 79.9. The van der Waals surface area contributed by atoms with Crippen LogP contribution in [-0.2, 0) is 6.54 Å². The molecule has 0 bridgehead atoms. The molecule has 0 saturated heterocycles. The summed E-state index contributed by atoms with van der Waals surface area (Å²) in [4.78, 5) is 4.58. The van der Waals surface area contributed by atoms with Gasteiger partial charge in [-0.05, 0) is 45.8 Å². The third-order valence-corrected chi connectivity index (χ3v) is 4.60. The van der Waals surface area contributed by atoms with Gasteiger partial charge in [0.1, 0.15) is 23.1 Å². The average molecular weight is 427 g/mol. The second kappa shape index (κ2) is 6.81. The number of aromatic hydroxyl groups is 3. The van der Waals surface area contributed by atoms with E-state index < -0.39 is 0 Å². The minimum absolute atomic E-state index is 0.0107. The summed E-state index contributed by atoms with van der Waals surface area (Å²) in [7, 11) is 0. The minimum Gasteiger partial charge on any atom is -0.508 e. The summed E-state index contributed by atoms with van der Waals surface area (Å²) in [5.41, 5.74) is 2.49. The van der Waals surface area contributed by atoms with Crippen molar-refractivity contribution in [2.75, 3.05) is 5.32 Å². The van der Waals surface area contributed by atoms with Crippen LogP contribution >= 0.6 is 15.9 Å². The number of hydrogen-bond donors (Lipinski definition) is 4. The smallest absolute Gasteiger partial charge is 0.172 e. The monoisotopic (exact) mass is 426 g/mol. The molecule has 2 aromatic carbocycles. The van der Waals surface area contributed by atoms with E-state index in [-0.39, 0.29) is 17.2 Å². The second-order valence-electron chi connectivity index (χ2n) is 5.98. The van der Waals surface area contributed by atoms with E-state index in [1.165, 1.54) is 6.07 Å². The molecule has 2 aromatic heterocycles. The lowest BCUT2D eigenvalue weighted by atomic mass is 10.1. The predicted octanol–water partition coefficient (Wildman–Crippen LogP) is 3.89. The third-order valence-electron chi connectivity index (χ3n) is 4.04. The maximum atomic E-state index is 10.2. The number of para-hydroxylation sites is 1. The van der Waals surface area contributed by atoms with Crippen LogP contribution in [0.25, 0.3) is 16.9 Å². The summed E-state index contributed by atoms with van der Waals surface area (Å²) in [6, 6.07) is 13.2. The van der Waals surface area contributed by atoms with E-state index >= 15 is 0 Å².